The molecule has 8 heterocycles. The van der Waals surface area contributed by atoms with Crippen molar-refractivity contribution in [1.82, 2.24) is 4.90 Å². The summed E-state index contributed by atoms with van der Waals surface area (Å²) >= 11 is 0. The van der Waals surface area contributed by atoms with E-state index in [1.807, 2.05) is 0 Å². The molecule has 123 heavy (non-hydrogen) atoms. The maximum Gasteiger partial charge on any atom is 0.161 e. The summed E-state index contributed by atoms with van der Waals surface area (Å²) in [6.07, 6.45) is 2.43. The Labute approximate surface area is 728 Å². The van der Waals surface area contributed by atoms with Crippen LogP contribution in [0.25, 0.3) is 0 Å². The molecule has 8 aliphatic rings. The van der Waals surface area contributed by atoms with Gasteiger partial charge in [-0.2, -0.15) is 0 Å². The van der Waals surface area contributed by atoms with Crippen molar-refractivity contribution >= 4 is 39.8 Å². The molecular formula is C107H120N8O8. The van der Waals surface area contributed by atoms with E-state index in [2.05, 4.69) is 320 Å². The van der Waals surface area contributed by atoms with Crippen molar-refractivity contribution in [2.75, 3.05) is 88.1 Å². The normalized spacial score (nSPS) is 16.0. The second-order valence-corrected chi connectivity index (χ2v) is 37.4. The average Bonchev–Trinajstić information content (AvgIpc) is 0.740. The number of fused-ring (bicyclic) bond motifs is 14. The van der Waals surface area contributed by atoms with Crippen molar-refractivity contribution in [3.8, 4) is 46.0 Å². The first-order valence-corrected chi connectivity index (χ1v) is 44.9. The SMILES string of the molecule is Cc1c(C)c(C)c2c(c1C)CN(c1ccc(Cc3ccc(N4COc5c(c6c(c7c5CN(c5ccc(Cc8ccc(N9COc%10c(c%11c(c%12c%10CN(C(C)C)CO%12)CN(c%10ccc(C(C)C)cc%10)CO%11)C9)cc8)cc5)CO7)CN(c5ccc(Cc7ccc(N8COc9c(c(C(C)C)c(C(C)C)c(C(C)C)c9C(C)C)C8)cc7)cc5)CO6)C4)cc3)cc1)CO2. The second-order valence-electron chi connectivity index (χ2n) is 37.4. The molecule has 0 spiro atoms. The average molecular weight is 1650 g/mol. The first kappa shape index (κ1) is 81.1. The Kier molecular flexibility index (Phi) is 21.9. The zero-order chi connectivity index (χ0) is 84.9. The summed E-state index contributed by atoms with van der Waals surface area (Å²) in [6.45, 7) is 45.9. The predicted molar refractivity (Wildman–Crippen MR) is 497 cm³/mol. The third-order valence-electron chi connectivity index (χ3n) is 27.5. The van der Waals surface area contributed by atoms with Crippen molar-refractivity contribution in [1.29, 1.82) is 0 Å². The molecule has 0 N–H and O–H groups in total. The highest BCUT2D eigenvalue weighted by Gasteiger charge is 2.41. The van der Waals surface area contributed by atoms with Gasteiger partial charge in [0.25, 0.3) is 0 Å². The molecule has 11 aromatic rings. The monoisotopic (exact) mass is 1640 g/mol. The molecule has 0 aromatic heterocycles. The van der Waals surface area contributed by atoms with E-state index in [4.69, 9.17) is 37.9 Å². The van der Waals surface area contributed by atoms with Crippen LogP contribution in [0, 0.1) is 27.7 Å². The first-order valence-electron chi connectivity index (χ1n) is 44.9. The van der Waals surface area contributed by atoms with Crippen molar-refractivity contribution in [3.63, 3.8) is 0 Å². The van der Waals surface area contributed by atoms with Crippen molar-refractivity contribution in [2.45, 2.75) is 218 Å². The van der Waals surface area contributed by atoms with Crippen LogP contribution in [0.5, 0.6) is 46.0 Å². The van der Waals surface area contributed by atoms with Gasteiger partial charge in [-0.1, -0.05) is 154 Å². The number of anilines is 7. The quantitative estimate of drug-likeness (QED) is 0.0767. The Balaban J connectivity index is 0.546. The van der Waals surface area contributed by atoms with Crippen LogP contribution in [-0.4, -0.2) is 64.8 Å². The molecule has 11 aromatic carbocycles. The highest BCUT2D eigenvalue weighted by Crippen LogP contribution is 2.55. The lowest BCUT2D eigenvalue weighted by atomic mass is 9.75. The summed E-state index contributed by atoms with van der Waals surface area (Å²) in [5.41, 5.74) is 37.0. The van der Waals surface area contributed by atoms with Gasteiger partial charge in [-0.05, 0) is 253 Å². The fraction of sp³-hybridized carbons (Fsp3) is 0.383. The van der Waals surface area contributed by atoms with E-state index >= 15 is 0 Å². The molecule has 636 valence electrons. The van der Waals surface area contributed by atoms with Crippen LogP contribution in [0.1, 0.15) is 241 Å². The molecule has 8 aliphatic heterocycles. The van der Waals surface area contributed by atoms with E-state index in [-0.39, 0.29) is 0 Å². The van der Waals surface area contributed by atoms with Gasteiger partial charge >= 0.3 is 0 Å². The molecule has 0 bridgehead atoms. The van der Waals surface area contributed by atoms with Crippen LogP contribution in [0.3, 0.4) is 0 Å². The lowest BCUT2D eigenvalue weighted by Gasteiger charge is -2.41. The van der Waals surface area contributed by atoms with Crippen LogP contribution < -0.4 is 72.2 Å². The van der Waals surface area contributed by atoms with Crippen LogP contribution in [0.4, 0.5) is 39.8 Å². The minimum absolute atomic E-state index is 0.323. The topological polar surface area (TPSA) is 99.8 Å². The summed E-state index contributed by atoms with van der Waals surface area (Å²) < 4.78 is 54.8. The van der Waals surface area contributed by atoms with Crippen LogP contribution in [0.2, 0.25) is 0 Å². The summed E-state index contributed by atoms with van der Waals surface area (Å²) in [5, 5.41) is 0. The summed E-state index contributed by atoms with van der Waals surface area (Å²) in [4.78, 5) is 18.7. The standard InChI is InChI=1S/C107H120N8O8/c1-64(2)80-29-43-87(44-30-80)115-55-91-101-90(50-108(56-117-101)69(11)12)102-92(103(91)122-62-115)51-111(58-118-102)83-35-21-78(22-36-83)47-79-27-41-86(42-28-79)114-54-95-105-93(52-112(59-119-105)84-37-23-76(24-38-84)45-74-17-31-81(32-18-74)109-48-88-72(15)70(13)71(14)73(16)100(88)116-57-109)104-94(106(95)121-61-114)53-113(60-120-104)85-39-25-77(26-40-85)46-75-19-33-82(34-20-75)110-49-89-96(65(3)4)97(66(5)6)98(67(7)8)99(68(9)10)107(89)123-63-110/h17-44,64-69H,45-63H2,1-16H3. The number of rotatable bonds is 19. The van der Waals surface area contributed by atoms with Gasteiger partial charge in [-0.25, -0.2) is 0 Å². The van der Waals surface area contributed by atoms with Gasteiger partial charge in [0.05, 0.1) is 79.2 Å². The summed E-state index contributed by atoms with van der Waals surface area (Å²) in [6, 6.07) is 63.5. The van der Waals surface area contributed by atoms with Gasteiger partial charge in [0.15, 0.2) is 47.1 Å². The lowest BCUT2D eigenvalue weighted by Crippen LogP contribution is -2.41. The minimum Gasteiger partial charge on any atom is -0.477 e. The molecule has 0 atom stereocenters. The fourth-order valence-corrected chi connectivity index (χ4v) is 20.3. The first-order chi connectivity index (χ1) is 59.5. The van der Waals surface area contributed by atoms with Crippen molar-refractivity contribution in [2.24, 2.45) is 0 Å². The van der Waals surface area contributed by atoms with E-state index in [1.54, 1.807) is 0 Å². The van der Waals surface area contributed by atoms with Gasteiger partial charge in [0.2, 0.25) is 0 Å². The molecule has 0 saturated carbocycles. The lowest BCUT2D eigenvalue weighted by molar-refractivity contribution is 0.0640. The molecule has 0 unspecified atom stereocenters. The van der Waals surface area contributed by atoms with Gasteiger partial charge in [-0.3, -0.25) is 4.90 Å². The molecule has 16 nitrogen and oxygen atoms in total. The number of nitrogens with zero attached hydrogens (tertiary/aromatic N) is 8. The van der Waals surface area contributed by atoms with E-state index in [9.17, 15) is 0 Å². The molecule has 16 heteroatoms. The highest BCUT2D eigenvalue weighted by atomic mass is 16.5. The van der Waals surface area contributed by atoms with Gasteiger partial charge < -0.3 is 72.2 Å². The molecule has 0 saturated heterocycles. The van der Waals surface area contributed by atoms with E-state index < -0.39 is 0 Å². The summed E-state index contributed by atoms with van der Waals surface area (Å²) in [5.74, 6) is 9.53. The van der Waals surface area contributed by atoms with Crippen molar-refractivity contribution < 1.29 is 37.9 Å². The van der Waals surface area contributed by atoms with E-state index in [1.165, 1.54) is 106 Å². The molecule has 19 rings (SSSR count). The third kappa shape index (κ3) is 15.4. The molecule has 0 aliphatic carbocycles. The molecule has 0 radical (unpaired) electrons. The smallest absolute Gasteiger partial charge is 0.161 e. The number of ether oxygens (including phenoxy) is 8. The Morgan fingerprint density at radius 3 is 0.732 bits per heavy atom. The third-order valence-corrected chi connectivity index (χ3v) is 27.5. The van der Waals surface area contributed by atoms with Crippen molar-refractivity contribution in [3.05, 3.63) is 298 Å². The number of hydrogen-bond acceptors (Lipinski definition) is 16. The van der Waals surface area contributed by atoms with E-state index in [0.29, 0.717) is 122 Å². The maximum absolute atomic E-state index is 7.06. The fourth-order valence-electron chi connectivity index (χ4n) is 20.3. The number of hydrogen-bond donors (Lipinski definition) is 0. The second kappa shape index (κ2) is 33.2. The van der Waals surface area contributed by atoms with Crippen LogP contribution in [-0.2, 0) is 71.6 Å². The molecule has 0 amide bonds. The number of benzene rings is 11. The Morgan fingerprint density at radius 1 is 0.211 bits per heavy atom. The molecular weight excluding hydrogens is 1530 g/mol. The van der Waals surface area contributed by atoms with Gasteiger partial charge in [0.1, 0.15) is 52.7 Å². The minimum atomic E-state index is 0.323. The van der Waals surface area contributed by atoms with Gasteiger partial charge in [0, 0.05) is 69.1 Å². The largest absolute Gasteiger partial charge is 0.477 e. The van der Waals surface area contributed by atoms with Gasteiger partial charge in [-0.15, -0.1) is 0 Å². The Morgan fingerprint density at radius 2 is 0.447 bits per heavy atom. The zero-order valence-electron chi connectivity index (χ0n) is 74.9. The van der Waals surface area contributed by atoms with Crippen LogP contribution >= 0.6 is 0 Å². The highest BCUT2D eigenvalue weighted by molar-refractivity contribution is 5.72. The van der Waals surface area contributed by atoms with Crippen LogP contribution in [0.15, 0.2) is 170 Å². The molecule has 0 fully saturated rings. The predicted octanol–water partition coefficient (Wildman–Crippen LogP) is 23.4. The Hall–Kier alpha value is -11.6. The zero-order valence-corrected chi connectivity index (χ0v) is 74.9. The maximum atomic E-state index is 7.06. The Bertz CT molecular complexity index is 5790. The van der Waals surface area contributed by atoms with E-state index in [0.717, 1.165) is 147 Å². The summed E-state index contributed by atoms with van der Waals surface area (Å²) in [7, 11) is 0.